The smallest absolute Gasteiger partial charge is 0.341 e. The molecule has 1 amide bonds. The molecule has 0 fully saturated rings. The van der Waals surface area contributed by atoms with Gasteiger partial charge in [-0.1, -0.05) is 0 Å². The number of ether oxygens (including phenoxy) is 3. The van der Waals surface area contributed by atoms with Crippen LogP contribution in [0.2, 0.25) is 0 Å². The van der Waals surface area contributed by atoms with Gasteiger partial charge in [0, 0.05) is 10.9 Å². The number of nitrogens with zero attached hydrogens (tertiary/aromatic N) is 1. The third kappa shape index (κ3) is 5.57. The maximum absolute atomic E-state index is 13.8. The third-order valence-electron chi connectivity index (χ3n) is 6.41. The molecule has 2 aromatic carbocycles. The van der Waals surface area contributed by atoms with Gasteiger partial charge in [0.2, 0.25) is 5.91 Å². The maximum atomic E-state index is 13.8. The predicted molar refractivity (Wildman–Crippen MR) is 144 cm³/mol. The number of aryl methyl sites for hydroxylation is 1. The standard InChI is InChI=1S/C27H27FN2O7S2/c1-2-35-27(32)25-20-5-3-4-6-23(20)38-26(25)29-24(31)16-30(18-9-7-17(28)8-10-18)39(33,34)19-11-12-21-22(15-19)37-14-13-36-21/h7-12,15H,2-6,13-14,16H2,1H3,(H,29,31). The lowest BCUT2D eigenvalue weighted by molar-refractivity contribution is -0.114. The van der Waals surface area contributed by atoms with Crippen molar-refractivity contribution in [1.82, 2.24) is 0 Å². The van der Waals surface area contributed by atoms with Crippen LogP contribution in [0.25, 0.3) is 0 Å². The highest BCUT2D eigenvalue weighted by atomic mass is 32.2. The highest BCUT2D eigenvalue weighted by Gasteiger charge is 2.31. The van der Waals surface area contributed by atoms with E-state index in [1.807, 2.05) is 0 Å². The van der Waals surface area contributed by atoms with Crippen LogP contribution >= 0.6 is 11.3 Å². The highest BCUT2D eigenvalue weighted by Crippen LogP contribution is 2.39. The number of carbonyl (C=O) groups excluding carboxylic acids is 2. The molecule has 1 N–H and O–H groups in total. The molecule has 9 nitrogen and oxygen atoms in total. The van der Waals surface area contributed by atoms with Gasteiger partial charge in [-0.15, -0.1) is 11.3 Å². The number of carbonyl (C=O) groups is 2. The number of sulfonamides is 1. The number of benzene rings is 2. The molecule has 0 saturated heterocycles. The van der Waals surface area contributed by atoms with Gasteiger partial charge in [0.05, 0.1) is 22.8 Å². The molecule has 0 unspecified atom stereocenters. The van der Waals surface area contributed by atoms with Gasteiger partial charge < -0.3 is 19.5 Å². The molecule has 0 atom stereocenters. The quantitative estimate of drug-likeness (QED) is 0.393. The van der Waals surface area contributed by atoms with Gasteiger partial charge >= 0.3 is 5.97 Å². The van der Waals surface area contributed by atoms with Gasteiger partial charge in [-0.25, -0.2) is 17.6 Å². The molecule has 0 radical (unpaired) electrons. The molecule has 5 rings (SSSR count). The molecule has 0 spiro atoms. The average molecular weight is 575 g/mol. The molecule has 206 valence electrons. The number of amides is 1. The van der Waals surface area contributed by atoms with E-state index in [1.165, 1.54) is 41.7 Å². The maximum Gasteiger partial charge on any atom is 0.341 e. The van der Waals surface area contributed by atoms with E-state index < -0.39 is 34.3 Å². The number of halogens is 1. The van der Waals surface area contributed by atoms with Crippen molar-refractivity contribution in [3.8, 4) is 11.5 Å². The van der Waals surface area contributed by atoms with Crippen LogP contribution in [-0.4, -0.2) is 46.7 Å². The Morgan fingerprint density at radius 2 is 1.77 bits per heavy atom. The minimum Gasteiger partial charge on any atom is -0.486 e. The Morgan fingerprint density at radius 1 is 1.05 bits per heavy atom. The van der Waals surface area contributed by atoms with E-state index in [0.717, 1.165) is 46.1 Å². The molecule has 1 aliphatic carbocycles. The Bertz CT molecular complexity index is 1500. The molecular formula is C27H27FN2O7S2. The SMILES string of the molecule is CCOC(=O)c1c(NC(=O)CN(c2ccc(F)cc2)S(=O)(=O)c2ccc3c(c2)OCCO3)sc2c1CCCC2. The van der Waals surface area contributed by atoms with E-state index in [-0.39, 0.29) is 29.5 Å². The van der Waals surface area contributed by atoms with Crippen LogP contribution in [0.3, 0.4) is 0 Å². The Kier molecular flexibility index (Phi) is 7.76. The Balaban J connectivity index is 1.47. The fourth-order valence-corrected chi connectivity index (χ4v) is 7.33. The number of thiophene rings is 1. The van der Waals surface area contributed by atoms with Crippen LogP contribution in [0, 0.1) is 5.82 Å². The summed E-state index contributed by atoms with van der Waals surface area (Å²) in [7, 11) is -4.30. The number of hydrogen-bond acceptors (Lipinski definition) is 8. The van der Waals surface area contributed by atoms with Gasteiger partial charge in [-0.05, 0) is 74.6 Å². The zero-order valence-corrected chi connectivity index (χ0v) is 22.8. The van der Waals surface area contributed by atoms with Crippen molar-refractivity contribution in [2.45, 2.75) is 37.5 Å². The van der Waals surface area contributed by atoms with Crippen molar-refractivity contribution in [2.24, 2.45) is 0 Å². The molecule has 0 bridgehead atoms. The molecule has 3 aromatic rings. The number of rotatable bonds is 8. The zero-order valence-electron chi connectivity index (χ0n) is 21.2. The lowest BCUT2D eigenvalue weighted by Crippen LogP contribution is -2.38. The topological polar surface area (TPSA) is 111 Å². The van der Waals surface area contributed by atoms with Crippen molar-refractivity contribution in [2.75, 3.05) is 36.0 Å². The monoisotopic (exact) mass is 574 g/mol. The summed E-state index contributed by atoms with van der Waals surface area (Å²) in [6.07, 6.45) is 3.41. The van der Waals surface area contributed by atoms with Gasteiger partial charge in [0.15, 0.2) is 11.5 Å². The summed E-state index contributed by atoms with van der Waals surface area (Å²) in [6, 6.07) is 9.00. The molecule has 12 heteroatoms. The summed E-state index contributed by atoms with van der Waals surface area (Å²) in [6.45, 7) is 1.89. The normalized spacial score (nSPS) is 14.3. The van der Waals surface area contributed by atoms with Crippen molar-refractivity contribution in [1.29, 1.82) is 0 Å². The number of anilines is 2. The first-order valence-corrected chi connectivity index (χ1v) is 14.8. The Morgan fingerprint density at radius 3 is 2.51 bits per heavy atom. The minimum absolute atomic E-state index is 0.0949. The van der Waals surface area contributed by atoms with Crippen molar-refractivity contribution in [3.05, 3.63) is 64.3 Å². The van der Waals surface area contributed by atoms with Gasteiger partial charge in [-0.2, -0.15) is 0 Å². The van der Waals surface area contributed by atoms with Crippen LogP contribution in [0.15, 0.2) is 47.4 Å². The van der Waals surface area contributed by atoms with E-state index in [9.17, 15) is 22.4 Å². The second-order valence-electron chi connectivity index (χ2n) is 8.98. The van der Waals surface area contributed by atoms with Gasteiger partial charge in [-0.3, -0.25) is 9.10 Å². The first kappa shape index (κ1) is 26.9. The molecule has 1 aromatic heterocycles. The molecule has 0 saturated carbocycles. The van der Waals surface area contributed by atoms with Crippen LogP contribution in [-0.2, 0) is 32.4 Å². The summed E-state index contributed by atoms with van der Waals surface area (Å²) < 4.78 is 58.4. The Labute approximate surface area is 229 Å². The van der Waals surface area contributed by atoms with Crippen LogP contribution < -0.4 is 19.1 Å². The van der Waals surface area contributed by atoms with E-state index in [1.54, 1.807) is 6.92 Å². The molecule has 1 aliphatic heterocycles. The second-order valence-corrected chi connectivity index (χ2v) is 11.9. The molecule has 39 heavy (non-hydrogen) atoms. The number of esters is 1. The summed E-state index contributed by atoms with van der Waals surface area (Å²) in [5.74, 6) is -1.05. The van der Waals surface area contributed by atoms with E-state index >= 15 is 0 Å². The first-order chi connectivity index (χ1) is 18.8. The first-order valence-electron chi connectivity index (χ1n) is 12.6. The minimum atomic E-state index is -4.30. The largest absolute Gasteiger partial charge is 0.486 e. The summed E-state index contributed by atoms with van der Waals surface area (Å²) >= 11 is 1.31. The lowest BCUT2D eigenvalue weighted by atomic mass is 9.95. The van der Waals surface area contributed by atoms with E-state index in [4.69, 9.17) is 14.2 Å². The average Bonchev–Trinajstić information content (AvgIpc) is 3.30. The van der Waals surface area contributed by atoms with Crippen molar-refractivity contribution in [3.63, 3.8) is 0 Å². The summed E-state index contributed by atoms with van der Waals surface area (Å²) in [5, 5.41) is 3.08. The zero-order chi connectivity index (χ0) is 27.6. The van der Waals surface area contributed by atoms with E-state index in [0.29, 0.717) is 29.3 Å². The van der Waals surface area contributed by atoms with Gasteiger partial charge in [0.25, 0.3) is 10.0 Å². The second kappa shape index (κ2) is 11.2. The van der Waals surface area contributed by atoms with Crippen LogP contribution in [0.4, 0.5) is 15.1 Å². The summed E-state index contributed by atoms with van der Waals surface area (Å²) in [5.41, 5.74) is 1.30. The van der Waals surface area contributed by atoms with Crippen molar-refractivity contribution >= 4 is 43.9 Å². The predicted octanol–water partition coefficient (Wildman–Crippen LogP) is 4.55. The number of fused-ring (bicyclic) bond motifs is 2. The fraction of sp³-hybridized carbons (Fsp3) is 0.333. The molecule has 2 heterocycles. The van der Waals surface area contributed by atoms with Gasteiger partial charge in [0.1, 0.15) is 30.6 Å². The number of nitrogens with one attached hydrogen (secondary N) is 1. The fourth-order valence-electron chi connectivity index (χ4n) is 4.60. The third-order valence-corrected chi connectivity index (χ3v) is 9.38. The highest BCUT2D eigenvalue weighted by molar-refractivity contribution is 7.92. The molecule has 2 aliphatic rings. The Hall–Kier alpha value is -3.64. The number of hydrogen-bond donors (Lipinski definition) is 1. The van der Waals surface area contributed by atoms with Crippen LogP contribution in [0.1, 0.15) is 40.6 Å². The lowest BCUT2D eigenvalue weighted by Gasteiger charge is -2.25. The molecular weight excluding hydrogens is 547 g/mol. The van der Waals surface area contributed by atoms with Crippen molar-refractivity contribution < 1.29 is 36.6 Å². The summed E-state index contributed by atoms with van der Waals surface area (Å²) in [4.78, 5) is 27.0. The van der Waals surface area contributed by atoms with Crippen LogP contribution in [0.5, 0.6) is 11.5 Å². The van der Waals surface area contributed by atoms with E-state index in [2.05, 4.69) is 5.32 Å².